The van der Waals surface area contributed by atoms with Gasteiger partial charge in [0.05, 0.1) is 24.0 Å². The summed E-state index contributed by atoms with van der Waals surface area (Å²) in [6.45, 7) is 2.67. The summed E-state index contributed by atoms with van der Waals surface area (Å²) in [5, 5.41) is 17.1. The zero-order chi connectivity index (χ0) is 16.4. The molecule has 0 unspecified atom stereocenters. The molecule has 0 saturated heterocycles. The van der Waals surface area contributed by atoms with E-state index in [1.54, 1.807) is 15.7 Å². The Labute approximate surface area is 139 Å². The van der Waals surface area contributed by atoms with Crippen molar-refractivity contribution in [1.82, 2.24) is 30.0 Å². The number of hydrogen-bond donors (Lipinski definition) is 0. The molecule has 0 fully saturated rings. The molecule has 2 aromatic heterocycles. The SMILES string of the molecule is Cc1cccc(Cn2nnc(-c3cnn(-c4ccccc4)c3)n2)c1. The van der Waals surface area contributed by atoms with Gasteiger partial charge in [-0.2, -0.15) is 9.90 Å². The summed E-state index contributed by atoms with van der Waals surface area (Å²) < 4.78 is 1.80. The molecule has 2 heterocycles. The highest BCUT2D eigenvalue weighted by molar-refractivity contribution is 5.52. The highest BCUT2D eigenvalue weighted by Crippen LogP contribution is 2.15. The number of aromatic nitrogens is 6. The number of hydrogen-bond acceptors (Lipinski definition) is 4. The minimum absolute atomic E-state index is 0.574. The lowest BCUT2D eigenvalue weighted by atomic mass is 10.1. The topological polar surface area (TPSA) is 61.4 Å². The molecule has 0 saturated carbocycles. The van der Waals surface area contributed by atoms with Crippen molar-refractivity contribution < 1.29 is 0 Å². The fraction of sp³-hybridized carbons (Fsp3) is 0.111. The van der Waals surface area contributed by atoms with Gasteiger partial charge >= 0.3 is 0 Å². The van der Waals surface area contributed by atoms with Gasteiger partial charge in [-0.25, -0.2) is 4.68 Å². The van der Waals surface area contributed by atoms with Crippen LogP contribution in [0.25, 0.3) is 17.1 Å². The number of benzene rings is 2. The molecular weight excluding hydrogens is 300 g/mol. The van der Waals surface area contributed by atoms with Crippen LogP contribution in [0.1, 0.15) is 11.1 Å². The molecule has 4 aromatic rings. The molecule has 0 amide bonds. The highest BCUT2D eigenvalue weighted by atomic mass is 15.6. The van der Waals surface area contributed by atoms with Gasteiger partial charge in [0.1, 0.15) is 0 Å². The van der Waals surface area contributed by atoms with Crippen molar-refractivity contribution in [1.29, 1.82) is 0 Å². The molecule has 0 aliphatic heterocycles. The van der Waals surface area contributed by atoms with Crippen molar-refractivity contribution in [2.24, 2.45) is 0 Å². The van der Waals surface area contributed by atoms with Crippen LogP contribution < -0.4 is 0 Å². The Hall–Kier alpha value is -3.28. The second-order valence-electron chi connectivity index (χ2n) is 5.64. The molecule has 0 radical (unpaired) electrons. The molecule has 118 valence electrons. The van der Waals surface area contributed by atoms with E-state index in [1.165, 1.54) is 5.56 Å². The van der Waals surface area contributed by atoms with Crippen molar-refractivity contribution in [3.63, 3.8) is 0 Å². The summed E-state index contributed by atoms with van der Waals surface area (Å²) in [6, 6.07) is 18.2. The molecule has 4 rings (SSSR count). The number of rotatable bonds is 4. The van der Waals surface area contributed by atoms with E-state index >= 15 is 0 Å². The van der Waals surface area contributed by atoms with Crippen molar-refractivity contribution in [3.05, 3.63) is 78.1 Å². The Morgan fingerprint density at radius 3 is 2.71 bits per heavy atom. The fourth-order valence-corrected chi connectivity index (χ4v) is 2.56. The Kier molecular flexibility index (Phi) is 3.63. The van der Waals surface area contributed by atoms with Crippen LogP contribution >= 0.6 is 0 Å². The zero-order valence-electron chi connectivity index (χ0n) is 13.2. The number of aryl methyl sites for hydroxylation is 1. The average molecular weight is 316 g/mol. The summed E-state index contributed by atoms with van der Waals surface area (Å²) in [5.41, 5.74) is 4.21. The molecule has 0 atom stereocenters. The first kappa shape index (κ1) is 14.3. The summed E-state index contributed by atoms with van der Waals surface area (Å²) in [5.74, 6) is 0.574. The average Bonchev–Trinajstić information content (AvgIpc) is 3.25. The first-order valence-electron chi connectivity index (χ1n) is 7.72. The predicted octanol–water partition coefficient (Wildman–Crippen LogP) is 2.88. The predicted molar refractivity (Wildman–Crippen MR) is 90.7 cm³/mol. The third kappa shape index (κ3) is 2.94. The molecule has 0 aliphatic carbocycles. The van der Waals surface area contributed by atoms with Gasteiger partial charge in [-0.1, -0.05) is 48.0 Å². The number of nitrogens with zero attached hydrogens (tertiary/aromatic N) is 6. The second kappa shape index (κ2) is 6.08. The maximum atomic E-state index is 4.45. The van der Waals surface area contributed by atoms with E-state index in [0.717, 1.165) is 16.8 Å². The lowest BCUT2D eigenvalue weighted by Gasteiger charge is -2.00. The van der Waals surface area contributed by atoms with Gasteiger partial charge in [-0.15, -0.1) is 10.2 Å². The first-order valence-corrected chi connectivity index (χ1v) is 7.72. The van der Waals surface area contributed by atoms with Gasteiger partial charge in [0.25, 0.3) is 0 Å². The Bertz CT molecular complexity index is 954. The summed E-state index contributed by atoms with van der Waals surface area (Å²) >= 11 is 0. The van der Waals surface area contributed by atoms with Crippen molar-refractivity contribution in [2.75, 3.05) is 0 Å². The standard InChI is InChI=1S/C18H16N6/c1-14-6-5-7-15(10-14)12-24-21-18(20-22-24)16-11-19-23(13-16)17-8-3-2-4-9-17/h2-11,13H,12H2,1H3. The van der Waals surface area contributed by atoms with Gasteiger partial charge in [-0.3, -0.25) is 0 Å². The monoisotopic (exact) mass is 316 g/mol. The van der Waals surface area contributed by atoms with Crippen LogP contribution in [-0.2, 0) is 6.54 Å². The number of para-hydroxylation sites is 1. The molecule has 0 N–H and O–H groups in total. The van der Waals surface area contributed by atoms with E-state index in [4.69, 9.17) is 0 Å². The third-order valence-corrected chi connectivity index (χ3v) is 3.72. The lowest BCUT2D eigenvalue weighted by molar-refractivity contribution is 0.572. The van der Waals surface area contributed by atoms with Crippen molar-refractivity contribution in [3.8, 4) is 17.1 Å². The molecule has 0 bridgehead atoms. The van der Waals surface area contributed by atoms with E-state index in [1.807, 2.05) is 42.6 Å². The van der Waals surface area contributed by atoms with E-state index in [0.29, 0.717) is 12.4 Å². The van der Waals surface area contributed by atoms with Gasteiger partial charge in [0.15, 0.2) is 0 Å². The lowest BCUT2D eigenvalue weighted by Crippen LogP contribution is -2.04. The maximum absolute atomic E-state index is 4.45. The van der Waals surface area contributed by atoms with Crippen LogP contribution in [0, 0.1) is 6.92 Å². The quantitative estimate of drug-likeness (QED) is 0.581. The minimum Gasteiger partial charge on any atom is -0.240 e. The second-order valence-corrected chi connectivity index (χ2v) is 5.64. The van der Waals surface area contributed by atoms with Crippen LogP contribution in [0.5, 0.6) is 0 Å². The van der Waals surface area contributed by atoms with Crippen molar-refractivity contribution in [2.45, 2.75) is 13.5 Å². The van der Waals surface area contributed by atoms with Crippen molar-refractivity contribution >= 4 is 0 Å². The molecule has 2 aromatic carbocycles. The zero-order valence-corrected chi connectivity index (χ0v) is 13.2. The fourth-order valence-electron chi connectivity index (χ4n) is 2.56. The van der Waals surface area contributed by atoms with Crippen LogP contribution in [0.3, 0.4) is 0 Å². The third-order valence-electron chi connectivity index (χ3n) is 3.72. The summed E-state index contributed by atoms with van der Waals surface area (Å²) in [4.78, 5) is 1.60. The van der Waals surface area contributed by atoms with Crippen LogP contribution in [0.4, 0.5) is 0 Å². The van der Waals surface area contributed by atoms with Crippen LogP contribution in [0.15, 0.2) is 67.0 Å². The molecule has 0 spiro atoms. The summed E-state index contributed by atoms with van der Waals surface area (Å²) in [7, 11) is 0. The van der Waals surface area contributed by atoms with Gasteiger partial charge in [-0.05, 0) is 29.8 Å². The van der Waals surface area contributed by atoms with Crippen LogP contribution in [-0.4, -0.2) is 30.0 Å². The van der Waals surface area contributed by atoms with E-state index in [2.05, 4.69) is 45.6 Å². The smallest absolute Gasteiger partial charge is 0.208 e. The van der Waals surface area contributed by atoms with Gasteiger partial charge in [0, 0.05) is 6.20 Å². The largest absolute Gasteiger partial charge is 0.240 e. The highest BCUT2D eigenvalue weighted by Gasteiger charge is 2.09. The molecule has 6 nitrogen and oxygen atoms in total. The maximum Gasteiger partial charge on any atom is 0.208 e. The van der Waals surface area contributed by atoms with E-state index in [-0.39, 0.29) is 0 Å². The van der Waals surface area contributed by atoms with E-state index < -0.39 is 0 Å². The summed E-state index contributed by atoms with van der Waals surface area (Å²) in [6.07, 6.45) is 3.66. The molecule has 24 heavy (non-hydrogen) atoms. The van der Waals surface area contributed by atoms with Crippen LogP contribution in [0.2, 0.25) is 0 Å². The Morgan fingerprint density at radius 2 is 1.88 bits per heavy atom. The first-order chi connectivity index (χ1) is 11.8. The molecule has 0 aliphatic rings. The molecule has 6 heteroatoms. The van der Waals surface area contributed by atoms with E-state index in [9.17, 15) is 0 Å². The van der Waals surface area contributed by atoms with Gasteiger partial charge < -0.3 is 0 Å². The molecular formula is C18H16N6. The van der Waals surface area contributed by atoms with Gasteiger partial charge in [0.2, 0.25) is 5.82 Å². The Balaban J connectivity index is 1.56. The minimum atomic E-state index is 0.574. The normalized spacial score (nSPS) is 10.9. The Morgan fingerprint density at radius 1 is 1.00 bits per heavy atom. The number of tetrazole rings is 1.